The molecule has 0 heterocycles. The van der Waals surface area contributed by atoms with Crippen LogP contribution in [-0.4, -0.2) is 0 Å². The maximum atomic E-state index is 6.41. The first-order chi connectivity index (χ1) is 12.4. The van der Waals surface area contributed by atoms with E-state index >= 15 is 0 Å². The van der Waals surface area contributed by atoms with E-state index in [9.17, 15) is 0 Å². The predicted octanol–water partition coefficient (Wildman–Crippen LogP) is 8.37. The first-order valence-electron chi connectivity index (χ1n) is 11.4. The molecule has 6 atom stereocenters. The molecule has 1 fully saturated rings. The summed E-state index contributed by atoms with van der Waals surface area (Å²) in [5.41, 5.74) is 2.02. The molecule has 0 aromatic heterocycles. The molecule has 0 bridgehead atoms. The molecule has 0 radical (unpaired) electrons. The van der Waals surface area contributed by atoms with Crippen molar-refractivity contribution in [3.8, 4) is 0 Å². The molecule has 0 aromatic rings. The van der Waals surface area contributed by atoms with Gasteiger partial charge in [-0.3, -0.25) is 0 Å². The number of rotatable bonds is 6. The number of hydrogen-bond donors (Lipinski definition) is 0. The third-order valence-corrected chi connectivity index (χ3v) is 8.65. The minimum atomic E-state index is 0.368. The Kier molecular flexibility index (Phi) is 6.64. The Morgan fingerprint density at radius 1 is 1.15 bits per heavy atom. The molecule has 0 amide bonds. The standard InChI is InChI=1S/C25H41Cl/c1-6-7-24-23(13-11-20-16-21(26)14-15-25(20,24)5)22-12-10-19(18(22)4)9-8-17(2)3/h11,14,17-19,22-24H,6-10,12-13,15-16H2,1-5H3. The fourth-order valence-electron chi connectivity index (χ4n) is 6.68. The zero-order valence-corrected chi connectivity index (χ0v) is 18.6. The van der Waals surface area contributed by atoms with Crippen LogP contribution in [0.4, 0.5) is 0 Å². The molecule has 1 heteroatoms. The fourth-order valence-corrected chi connectivity index (χ4v) is 6.90. The molecule has 0 aliphatic heterocycles. The molecule has 0 spiro atoms. The summed E-state index contributed by atoms with van der Waals surface area (Å²) in [6.07, 6.45) is 17.0. The van der Waals surface area contributed by atoms with Crippen LogP contribution in [0.3, 0.4) is 0 Å². The summed E-state index contributed by atoms with van der Waals surface area (Å²) in [4.78, 5) is 0. The van der Waals surface area contributed by atoms with E-state index in [0.717, 1.165) is 53.4 Å². The normalized spacial score (nSPS) is 40.3. The lowest BCUT2D eigenvalue weighted by Crippen LogP contribution is -2.42. The van der Waals surface area contributed by atoms with Crippen molar-refractivity contribution in [2.75, 3.05) is 0 Å². The molecule has 1 saturated carbocycles. The second kappa shape index (κ2) is 8.42. The Balaban J connectivity index is 1.78. The van der Waals surface area contributed by atoms with E-state index in [2.05, 4.69) is 46.8 Å². The van der Waals surface area contributed by atoms with E-state index in [-0.39, 0.29) is 0 Å². The van der Waals surface area contributed by atoms with Crippen molar-refractivity contribution >= 4 is 11.6 Å². The van der Waals surface area contributed by atoms with Crippen molar-refractivity contribution in [2.45, 2.75) is 92.4 Å². The van der Waals surface area contributed by atoms with Gasteiger partial charge in [-0.15, -0.1) is 0 Å². The van der Waals surface area contributed by atoms with Crippen LogP contribution < -0.4 is 0 Å². The molecule has 148 valence electrons. The summed E-state index contributed by atoms with van der Waals surface area (Å²) in [6, 6.07) is 0. The molecular formula is C25H41Cl. The molecule has 26 heavy (non-hydrogen) atoms. The molecule has 0 saturated heterocycles. The quantitative estimate of drug-likeness (QED) is 0.408. The highest BCUT2D eigenvalue weighted by atomic mass is 35.5. The van der Waals surface area contributed by atoms with Gasteiger partial charge in [0, 0.05) is 11.5 Å². The molecule has 0 aromatic carbocycles. The number of allylic oxidation sites excluding steroid dienone is 4. The minimum Gasteiger partial charge on any atom is -0.0891 e. The van der Waals surface area contributed by atoms with Gasteiger partial charge in [0.1, 0.15) is 0 Å². The fraction of sp³-hybridized carbons (Fsp3) is 0.840. The van der Waals surface area contributed by atoms with Crippen molar-refractivity contribution < 1.29 is 0 Å². The van der Waals surface area contributed by atoms with Crippen LogP contribution >= 0.6 is 11.6 Å². The third-order valence-electron chi connectivity index (χ3n) is 8.37. The average Bonchev–Trinajstić information content (AvgIpc) is 2.95. The molecular weight excluding hydrogens is 336 g/mol. The molecule has 0 nitrogen and oxygen atoms in total. The van der Waals surface area contributed by atoms with Crippen LogP contribution in [0.1, 0.15) is 92.4 Å². The largest absolute Gasteiger partial charge is 0.0891 e. The van der Waals surface area contributed by atoms with Crippen LogP contribution in [0.15, 0.2) is 22.8 Å². The summed E-state index contributed by atoms with van der Waals surface area (Å²) in [6.45, 7) is 12.3. The first-order valence-corrected chi connectivity index (χ1v) is 11.8. The van der Waals surface area contributed by atoms with Crippen LogP contribution in [0.5, 0.6) is 0 Å². The van der Waals surface area contributed by atoms with Gasteiger partial charge < -0.3 is 0 Å². The zero-order chi connectivity index (χ0) is 18.9. The van der Waals surface area contributed by atoms with Gasteiger partial charge in [0.25, 0.3) is 0 Å². The molecule has 0 N–H and O–H groups in total. The van der Waals surface area contributed by atoms with E-state index in [0.29, 0.717) is 5.41 Å². The van der Waals surface area contributed by atoms with Gasteiger partial charge in [-0.05, 0) is 79.4 Å². The summed E-state index contributed by atoms with van der Waals surface area (Å²) in [5, 5.41) is 1.07. The van der Waals surface area contributed by atoms with Crippen molar-refractivity contribution in [3.63, 3.8) is 0 Å². The maximum Gasteiger partial charge on any atom is 0.0182 e. The lowest BCUT2D eigenvalue weighted by molar-refractivity contribution is 0.0656. The molecule has 3 rings (SSSR count). The van der Waals surface area contributed by atoms with Crippen molar-refractivity contribution in [1.82, 2.24) is 0 Å². The van der Waals surface area contributed by atoms with E-state index in [1.807, 2.05) is 0 Å². The Morgan fingerprint density at radius 2 is 1.92 bits per heavy atom. The lowest BCUT2D eigenvalue weighted by Gasteiger charge is -2.51. The summed E-state index contributed by atoms with van der Waals surface area (Å²) >= 11 is 6.41. The van der Waals surface area contributed by atoms with E-state index in [4.69, 9.17) is 11.6 Å². The Bertz CT molecular complexity index is 542. The van der Waals surface area contributed by atoms with Crippen LogP contribution in [0.25, 0.3) is 0 Å². The topological polar surface area (TPSA) is 0 Å². The highest BCUT2D eigenvalue weighted by Crippen LogP contribution is 2.58. The van der Waals surface area contributed by atoms with E-state index in [1.54, 1.807) is 5.57 Å². The van der Waals surface area contributed by atoms with Crippen molar-refractivity contribution in [1.29, 1.82) is 0 Å². The number of fused-ring (bicyclic) bond motifs is 1. The predicted molar refractivity (Wildman–Crippen MR) is 115 cm³/mol. The van der Waals surface area contributed by atoms with Crippen LogP contribution in [-0.2, 0) is 0 Å². The van der Waals surface area contributed by atoms with Crippen molar-refractivity contribution in [3.05, 3.63) is 22.8 Å². The SMILES string of the molecule is CCCC1C(C2CCC(CCC(C)C)C2C)CC=C2CC(Cl)=CCC21C. The first kappa shape index (κ1) is 20.5. The Morgan fingerprint density at radius 3 is 2.62 bits per heavy atom. The smallest absolute Gasteiger partial charge is 0.0182 e. The molecule has 3 aliphatic rings. The van der Waals surface area contributed by atoms with Gasteiger partial charge in [-0.1, -0.05) is 76.8 Å². The van der Waals surface area contributed by atoms with Gasteiger partial charge in [-0.25, -0.2) is 0 Å². The zero-order valence-electron chi connectivity index (χ0n) is 17.9. The monoisotopic (exact) mass is 376 g/mol. The van der Waals surface area contributed by atoms with Crippen LogP contribution in [0.2, 0.25) is 0 Å². The molecule has 6 unspecified atom stereocenters. The van der Waals surface area contributed by atoms with Gasteiger partial charge in [-0.2, -0.15) is 0 Å². The van der Waals surface area contributed by atoms with E-state index in [1.165, 1.54) is 44.9 Å². The summed E-state index contributed by atoms with van der Waals surface area (Å²) < 4.78 is 0. The maximum absolute atomic E-state index is 6.41. The van der Waals surface area contributed by atoms with Gasteiger partial charge in [0.15, 0.2) is 0 Å². The third kappa shape index (κ3) is 3.96. The number of hydrogen-bond acceptors (Lipinski definition) is 0. The second-order valence-electron chi connectivity index (χ2n) is 10.3. The van der Waals surface area contributed by atoms with Gasteiger partial charge in [0.05, 0.1) is 0 Å². The lowest BCUT2D eigenvalue weighted by atomic mass is 9.54. The van der Waals surface area contributed by atoms with Crippen LogP contribution in [0, 0.1) is 40.9 Å². The second-order valence-corrected chi connectivity index (χ2v) is 10.8. The van der Waals surface area contributed by atoms with Gasteiger partial charge >= 0.3 is 0 Å². The Labute approximate surface area is 167 Å². The Hall–Kier alpha value is -0.230. The summed E-state index contributed by atoms with van der Waals surface area (Å²) in [7, 11) is 0. The molecule has 3 aliphatic carbocycles. The van der Waals surface area contributed by atoms with E-state index < -0.39 is 0 Å². The average molecular weight is 377 g/mol. The highest BCUT2D eigenvalue weighted by molar-refractivity contribution is 6.29. The van der Waals surface area contributed by atoms with Gasteiger partial charge in [0.2, 0.25) is 0 Å². The summed E-state index contributed by atoms with van der Waals surface area (Å²) in [5.74, 6) is 5.44. The van der Waals surface area contributed by atoms with Crippen molar-refractivity contribution in [2.24, 2.45) is 40.9 Å². The minimum absolute atomic E-state index is 0.368. The highest BCUT2D eigenvalue weighted by Gasteiger charge is 2.49. The number of halogens is 1.